The van der Waals surface area contributed by atoms with Gasteiger partial charge in [-0.05, 0) is 44.9 Å². The van der Waals surface area contributed by atoms with Gasteiger partial charge >= 0.3 is 5.97 Å². The number of benzene rings is 1. The molecule has 0 spiro atoms. The molecule has 37 heavy (non-hydrogen) atoms. The fourth-order valence-electron chi connectivity index (χ4n) is 4.11. The van der Waals surface area contributed by atoms with E-state index in [-0.39, 0.29) is 37.2 Å². The van der Waals surface area contributed by atoms with Crippen LogP contribution in [0, 0.1) is 5.92 Å². The van der Waals surface area contributed by atoms with Crippen molar-refractivity contribution < 1.29 is 38.3 Å². The number of cyclic esters (lactones) is 1. The maximum absolute atomic E-state index is 13.5. The van der Waals surface area contributed by atoms with Crippen LogP contribution in [0.4, 0.5) is 0 Å². The lowest BCUT2D eigenvalue weighted by atomic mass is 9.98. The van der Waals surface area contributed by atoms with E-state index in [9.17, 15) is 9.90 Å². The minimum atomic E-state index is -0.908. The Hall–Kier alpha value is -3.08. The van der Waals surface area contributed by atoms with Gasteiger partial charge in [0, 0.05) is 23.5 Å². The van der Waals surface area contributed by atoms with E-state index in [0.29, 0.717) is 17.7 Å². The highest BCUT2D eigenvalue weighted by Gasteiger charge is 2.43. The van der Waals surface area contributed by atoms with Crippen molar-refractivity contribution in [1.82, 2.24) is 0 Å². The van der Waals surface area contributed by atoms with E-state index < -0.39 is 36.2 Å². The summed E-state index contributed by atoms with van der Waals surface area (Å²) >= 11 is 0. The summed E-state index contributed by atoms with van der Waals surface area (Å²) in [4.78, 5) is 16.2. The lowest BCUT2D eigenvalue weighted by molar-refractivity contribution is -0.152. The zero-order valence-corrected chi connectivity index (χ0v) is 21.8. The molecule has 1 aromatic carbocycles. The third-order valence-electron chi connectivity index (χ3n) is 6.07. The van der Waals surface area contributed by atoms with Crippen LogP contribution in [0.2, 0.25) is 0 Å². The van der Waals surface area contributed by atoms with Crippen molar-refractivity contribution in [2.45, 2.75) is 64.3 Å². The number of carbonyl (C=O) groups excluding carboxylic acids is 1. The molecule has 11 nitrogen and oxygen atoms in total. The predicted molar refractivity (Wildman–Crippen MR) is 135 cm³/mol. The number of esters is 1. The largest absolute Gasteiger partial charge is 0.493 e. The first-order chi connectivity index (χ1) is 17.7. The molecule has 1 N–H and O–H groups in total. The summed E-state index contributed by atoms with van der Waals surface area (Å²) in [5, 5.41) is 14.3. The topological polar surface area (TPSA) is 141 Å². The number of aliphatic hydroxyl groups is 1. The fourth-order valence-corrected chi connectivity index (χ4v) is 4.11. The number of carbonyl (C=O) groups is 1. The van der Waals surface area contributed by atoms with Gasteiger partial charge < -0.3 is 33.5 Å². The molecule has 0 saturated carbocycles. The van der Waals surface area contributed by atoms with Crippen LogP contribution in [0.15, 0.2) is 35.5 Å². The van der Waals surface area contributed by atoms with Crippen LogP contribution in [0.1, 0.15) is 50.0 Å². The second-order valence-corrected chi connectivity index (χ2v) is 9.33. The molecule has 2 heterocycles. The monoisotopic (exact) mass is 517 g/mol. The molecule has 0 amide bonds. The van der Waals surface area contributed by atoms with E-state index in [2.05, 4.69) is 10.0 Å². The van der Waals surface area contributed by atoms with E-state index in [1.165, 1.54) is 7.11 Å². The normalized spacial score (nSPS) is 27.3. The molecule has 11 heteroatoms. The third-order valence-corrected chi connectivity index (χ3v) is 6.07. The van der Waals surface area contributed by atoms with Crippen molar-refractivity contribution in [3.8, 4) is 11.5 Å². The number of ether oxygens (including phenoxy) is 6. The van der Waals surface area contributed by atoms with Crippen molar-refractivity contribution in [3.63, 3.8) is 0 Å². The first-order valence-corrected chi connectivity index (χ1v) is 12.2. The molecule has 2 aliphatic rings. The predicted octanol–water partition coefficient (Wildman–Crippen LogP) is 4.39. The van der Waals surface area contributed by atoms with Crippen molar-refractivity contribution >= 4 is 12.0 Å². The Morgan fingerprint density at radius 1 is 1.19 bits per heavy atom. The highest BCUT2D eigenvalue weighted by Crippen LogP contribution is 2.36. The molecule has 3 rings (SSSR count). The summed E-state index contributed by atoms with van der Waals surface area (Å²) in [5.74, 6) is -1.02. The lowest BCUT2D eigenvalue weighted by Gasteiger charge is -2.23. The zero-order chi connectivity index (χ0) is 27.0. The lowest BCUT2D eigenvalue weighted by Crippen LogP contribution is -2.34. The Bertz CT molecular complexity index is 1050. The van der Waals surface area contributed by atoms with Crippen molar-refractivity contribution in [2.24, 2.45) is 11.0 Å². The first kappa shape index (κ1) is 28.5. The molecule has 2 aliphatic heterocycles. The molecule has 1 saturated heterocycles. The smallest absolute Gasteiger partial charge is 0.342 e. The Labute approximate surface area is 216 Å². The highest BCUT2D eigenvalue weighted by atomic mass is 16.8. The average Bonchev–Trinajstić information content (AvgIpc) is 3.17. The minimum Gasteiger partial charge on any atom is -0.493 e. The van der Waals surface area contributed by atoms with Crippen molar-refractivity contribution in [1.29, 1.82) is 0 Å². The Kier molecular flexibility index (Phi) is 9.96. The first-order valence-electron chi connectivity index (χ1n) is 12.2. The van der Waals surface area contributed by atoms with Gasteiger partial charge in [0.15, 0.2) is 12.6 Å². The molecule has 1 unspecified atom stereocenters. The number of rotatable bonds is 7. The summed E-state index contributed by atoms with van der Waals surface area (Å²) in [6.45, 7) is 7.42. The van der Waals surface area contributed by atoms with Crippen molar-refractivity contribution in [3.05, 3.63) is 51.9 Å². The summed E-state index contributed by atoms with van der Waals surface area (Å²) in [6, 6.07) is 3.27. The van der Waals surface area contributed by atoms with Gasteiger partial charge in [-0.2, -0.15) is 0 Å². The number of hydrogen-bond acceptors (Lipinski definition) is 9. The van der Waals surface area contributed by atoms with E-state index >= 15 is 0 Å². The van der Waals surface area contributed by atoms with E-state index in [0.717, 1.165) is 0 Å². The highest BCUT2D eigenvalue weighted by molar-refractivity contribution is 5.98. The van der Waals surface area contributed by atoms with Gasteiger partial charge in [-0.1, -0.05) is 36.3 Å². The van der Waals surface area contributed by atoms with Crippen LogP contribution < -0.4 is 9.47 Å². The molecule has 1 fully saturated rings. The standard InChI is InChI=1S/C26H35N3O8/c1-16-9-10-19(30)24-22(36-26(3,4)37-24)8-6-7-18-20(33-14-13-28-29-27)11-12-21(34-15-32-5)23(18)25(31)35-17(16)2/h6-7,9-12,16-17,19,22,24,30H,8,13-15H2,1-5H3/t16-,17+,19?,22+,24-/m1/s1. The molecule has 0 bridgehead atoms. The van der Waals surface area contributed by atoms with Crippen LogP contribution in [-0.2, 0) is 18.9 Å². The molecule has 0 aliphatic carbocycles. The van der Waals surface area contributed by atoms with Crippen molar-refractivity contribution in [2.75, 3.05) is 27.1 Å². The molecule has 1 aromatic rings. The van der Waals surface area contributed by atoms with E-state index in [4.69, 9.17) is 34.0 Å². The van der Waals surface area contributed by atoms with E-state index in [1.807, 2.05) is 13.0 Å². The molecular weight excluding hydrogens is 482 g/mol. The average molecular weight is 518 g/mol. The maximum atomic E-state index is 13.5. The maximum Gasteiger partial charge on any atom is 0.342 e. The summed E-state index contributed by atoms with van der Waals surface area (Å²) in [7, 11) is 1.48. The number of aliphatic hydroxyl groups excluding tert-OH is 1. The number of nitrogens with zero attached hydrogens (tertiary/aromatic N) is 3. The van der Waals surface area contributed by atoms with Gasteiger partial charge in [0.05, 0.1) is 19.3 Å². The Morgan fingerprint density at radius 2 is 1.95 bits per heavy atom. The molecule has 5 atom stereocenters. The second-order valence-electron chi connectivity index (χ2n) is 9.33. The van der Waals surface area contributed by atoms with Crippen LogP contribution in [0.5, 0.6) is 11.5 Å². The number of methoxy groups -OCH3 is 1. The Balaban J connectivity index is 2.08. The van der Waals surface area contributed by atoms with Gasteiger partial charge in [0.2, 0.25) is 0 Å². The SMILES string of the molecule is COCOc1ccc(OCCN=[N+]=[N-])c2c1C(=O)O[C@@H](C)[C@H](C)C=CC(O)[C@H]1OC(C)(C)O[C@H]1CC=C2. The molecular formula is C26H35N3O8. The van der Waals surface area contributed by atoms with Gasteiger partial charge in [0.25, 0.3) is 0 Å². The van der Waals surface area contributed by atoms with Gasteiger partial charge in [-0.25, -0.2) is 4.79 Å². The van der Waals surface area contributed by atoms with Gasteiger partial charge in [-0.15, -0.1) is 0 Å². The number of fused-ring (bicyclic) bond motifs is 2. The number of hydrogen-bond donors (Lipinski definition) is 1. The summed E-state index contributed by atoms with van der Waals surface area (Å²) in [6.07, 6.45) is 4.95. The van der Waals surface area contributed by atoms with Crippen LogP contribution in [0.25, 0.3) is 16.5 Å². The minimum absolute atomic E-state index is 0.0723. The number of azide groups is 1. The van der Waals surface area contributed by atoms with Crippen LogP contribution in [-0.4, -0.2) is 68.3 Å². The summed E-state index contributed by atoms with van der Waals surface area (Å²) < 4.78 is 34.4. The second kappa shape index (κ2) is 12.9. The Morgan fingerprint density at radius 3 is 2.68 bits per heavy atom. The molecule has 0 aromatic heterocycles. The van der Waals surface area contributed by atoms with Crippen LogP contribution >= 0.6 is 0 Å². The van der Waals surface area contributed by atoms with Gasteiger partial charge in [0.1, 0.15) is 35.4 Å². The quantitative estimate of drug-likeness (QED) is 0.107. The van der Waals surface area contributed by atoms with Crippen LogP contribution in [0.3, 0.4) is 0 Å². The third kappa shape index (κ3) is 7.47. The fraction of sp³-hybridized carbons (Fsp3) is 0.577. The zero-order valence-electron chi connectivity index (χ0n) is 21.8. The molecule has 0 radical (unpaired) electrons. The van der Waals surface area contributed by atoms with Gasteiger partial charge in [-0.3, -0.25) is 0 Å². The molecule has 202 valence electrons. The summed E-state index contributed by atoms with van der Waals surface area (Å²) in [5.41, 5.74) is 9.17. The van der Waals surface area contributed by atoms with E-state index in [1.54, 1.807) is 51.1 Å².